The highest BCUT2D eigenvalue weighted by molar-refractivity contribution is 6.19. The smallest absolute Gasteiger partial charge is 0.145 e. The molecule has 0 aliphatic heterocycles. The van der Waals surface area contributed by atoms with Crippen LogP contribution in [-0.4, -0.2) is 0 Å². The largest absolute Gasteiger partial charge is 0.455 e. The van der Waals surface area contributed by atoms with Crippen LogP contribution < -0.4 is 4.90 Å². The zero-order chi connectivity index (χ0) is 42.5. The lowest BCUT2D eigenvalue weighted by Crippen LogP contribution is -2.14. The van der Waals surface area contributed by atoms with E-state index in [1.54, 1.807) is 0 Å². The van der Waals surface area contributed by atoms with Gasteiger partial charge in [-0.05, 0) is 98.4 Å². The second-order valence-corrected chi connectivity index (χ2v) is 17.6. The molecule has 0 atom stereocenters. The topological polar surface area (TPSA) is 29.5 Å². The molecule has 1 aliphatic rings. The molecule has 13 rings (SSSR count). The average molecular weight is 820 g/mol. The van der Waals surface area contributed by atoms with Crippen molar-refractivity contribution in [1.82, 2.24) is 0 Å². The molecule has 2 heterocycles. The summed E-state index contributed by atoms with van der Waals surface area (Å²) in [5.74, 6) is 0. The van der Waals surface area contributed by atoms with Gasteiger partial charge in [0.2, 0.25) is 0 Å². The van der Waals surface area contributed by atoms with Crippen molar-refractivity contribution < 1.29 is 8.83 Å². The third-order valence-electron chi connectivity index (χ3n) is 13.7. The molecule has 302 valence electrons. The fourth-order valence-corrected chi connectivity index (χ4v) is 10.6. The maximum absolute atomic E-state index is 7.02. The number of para-hydroxylation sites is 3. The molecule has 0 saturated heterocycles. The Hall–Kier alpha value is -8.14. The normalized spacial score (nSPS) is 13.0. The summed E-state index contributed by atoms with van der Waals surface area (Å²) in [6, 6.07) is 76.5. The Kier molecular flexibility index (Phi) is 7.95. The predicted molar refractivity (Wildman–Crippen MR) is 267 cm³/mol. The van der Waals surface area contributed by atoms with E-state index in [1.165, 1.54) is 44.2 Å². The Bertz CT molecular complexity index is 3820. The van der Waals surface area contributed by atoms with Gasteiger partial charge < -0.3 is 13.7 Å². The van der Waals surface area contributed by atoms with Crippen molar-refractivity contribution in [2.45, 2.75) is 19.3 Å². The van der Waals surface area contributed by atoms with E-state index >= 15 is 0 Å². The van der Waals surface area contributed by atoms with E-state index in [2.05, 4.69) is 219 Å². The number of fused-ring (bicyclic) bond motifs is 10. The van der Waals surface area contributed by atoms with Crippen molar-refractivity contribution in [3.8, 4) is 44.5 Å². The van der Waals surface area contributed by atoms with Gasteiger partial charge in [-0.15, -0.1) is 0 Å². The molecular weight excluding hydrogens is 779 g/mol. The second-order valence-electron chi connectivity index (χ2n) is 17.6. The molecule has 0 radical (unpaired) electrons. The molecule has 3 heteroatoms. The minimum absolute atomic E-state index is 0.0702. The van der Waals surface area contributed by atoms with Crippen LogP contribution in [0.1, 0.15) is 25.0 Å². The standard InChI is InChI=1S/C61H41NO2/c1-61(2)52-25-10-7-20-45(52)46-34-31-40(37-53(46)61)38-29-32-41(33-30-38)62(54-26-13-16-39-15-3-4-17-42(39)54)55-36-35-50(60-58(55)51-22-9-12-28-57(51)64-60)44-19-6-5-18-43(44)48-23-14-24-49-47-21-8-11-27-56(47)63-59(48)49/h3-37H,1-2H3. The van der Waals surface area contributed by atoms with Crippen molar-refractivity contribution in [2.24, 2.45) is 0 Å². The molecule has 64 heavy (non-hydrogen) atoms. The first-order valence-electron chi connectivity index (χ1n) is 22.1. The molecule has 0 fully saturated rings. The Balaban J connectivity index is 1.00. The van der Waals surface area contributed by atoms with Gasteiger partial charge in [0.1, 0.15) is 22.3 Å². The number of hydrogen-bond donors (Lipinski definition) is 0. The van der Waals surface area contributed by atoms with Gasteiger partial charge in [-0.3, -0.25) is 0 Å². The summed E-state index contributed by atoms with van der Waals surface area (Å²) in [5.41, 5.74) is 18.6. The summed E-state index contributed by atoms with van der Waals surface area (Å²) in [6.07, 6.45) is 0. The molecule has 0 N–H and O–H groups in total. The molecule has 0 saturated carbocycles. The summed E-state index contributed by atoms with van der Waals surface area (Å²) in [6.45, 7) is 4.69. The first kappa shape index (κ1) is 36.5. The molecule has 0 amide bonds. The van der Waals surface area contributed by atoms with Crippen LogP contribution >= 0.6 is 0 Å². The molecule has 1 aliphatic carbocycles. The summed E-state index contributed by atoms with van der Waals surface area (Å²) >= 11 is 0. The van der Waals surface area contributed by atoms with Crippen LogP contribution in [0.4, 0.5) is 17.1 Å². The van der Waals surface area contributed by atoms with Crippen molar-refractivity contribution in [3.05, 3.63) is 223 Å². The van der Waals surface area contributed by atoms with Crippen molar-refractivity contribution >= 4 is 71.7 Å². The number of rotatable bonds is 6. The zero-order valence-electron chi connectivity index (χ0n) is 35.5. The third kappa shape index (κ3) is 5.41. The van der Waals surface area contributed by atoms with E-state index in [9.17, 15) is 0 Å². The highest BCUT2D eigenvalue weighted by Crippen LogP contribution is 2.51. The van der Waals surface area contributed by atoms with Gasteiger partial charge >= 0.3 is 0 Å². The van der Waals surface area contributed by atoms with Crippen LogP contribution in [0.15, 0.2) is 221 Å². The van der Waals surface area contributed by atoms with Crippen molar-refractivity contribution in [2.75, 3.05) is 4.90 Å². The molecule has 3 nitrogen and oxygen atoms in total. The second kappa shape index (κ2) is 13.9. The maximum atomic E-state index is 7.02. The molecule has 0 unspecified atom stereocenters. The summed E-state index contributed by atoms with van der Waals surface area (Å²) in [7, 11) is 0. The minimum atomic E-state index is -0.0702. The summed E-state index contributed by atoms with van der Waals surface area (Å²) < 4.78 is 13.6. The highest BCUT2D eigenvalue weighted by Gasteiger charge is 2.35. The molecule has 0 bridgehead atoms. The first-order chi connectivity index (χ1) is 31.5. The van der Waals surface area contributed by atoms with Gasteiger partial charge in [0.15, 0.2) is 0 Å². The summed E-state index contributed by atoms with van der Waals surface area (Å²) in [5, 5.41) is 6.70. The number of anilines is 3. The SMILES string of the molecule is CC1(C)c2ccccc2-c2ccc(-c3ccc(N(c4cccc5ccccc45)c4ccc(-c5ccccc5-c5cccc6c5oc5ccccc56)c5oc6ccccc6c45)cc3)cc21. The van der Waals surface area contributed by atoms with Crippen LogP contribution in [0.3, 0.4) is 0 Å². The number of furan rings is 2. The number of benzene rings is 10. The Morgan fingerprint density at radius 3 is 1.72 bits per heavy atom. The van der Waals surface area contributed by atoms with E-state index in [4.69, 9.17) is 8.83 Å². The third-order valence-corrected chi connectivity index (χ3v) is 13.7. The fourth-order valence-electron chi connectivity index (χ4n) is 10.6. The van der Waals surface area contributed by atoms with Crippen LogP contribution in [0, 0.1) is 0 Å². The Morgan fingerprint density at radius 2 is 0.906 bits per heavy atom. The van der Waals surface area contributed by atoms with Crippen LogP contribution in [0.5, 0.6) is 0 Å². The Morgan fingerprint density at radius 1 is 0.359 bits per heavy atom. The van der Waals surface area contributed by atoms with E-state index < -0.39 is 0 Å². The van der Waals surface area contributed by atoms with Crippen LogP contribution in [-0.2, 0) is 5.41 Å². The van der Waals surface area contributed by atoms with Gasteiger partial charge in [0.25, 0.3) is 0 Å². The summed E-state index contributed by atoms with van der Waals surface area (Å²) in [4.78, 5) is 2.42. The lowest BCUT2D eigenvalue weighted by molar-refractivity contribution is 0.660. The Labute approximate surface area is 371 Å². The minimum Gasteiger partial charge on any atom is -0.455 e. The van der Waals surface area contributed by atoms with Crippen LogP contribution in [0.2, 0.25) is 0 Å². The molecule has 12 aromatic rings. The average Bonchev–Trinajstić information content (AvgIpc) is 4.00. The van der Waals surface area contributed by atoms with E-state index in [0.717, 1.165) is 83.2 Å². The molecular formula is C61H41NO2. The van der Waals surface area contributed by atoms with Crippen molar-refractivity contribution in [1.29, 1.82) is 0 Å². The highest BCUT2D eigenvalue weighted by atomic mass is 16.3. The molecule has 0 spiro atoms. The number of hydrogen-bond acceptors (Lipinski definition) is 3. The van der Waals surface area contributed by atoms with Gasteiger partial charge in [0, 0.05) is 43.8 Å². The quantitative estimate of drug-likeness (QED) is 0.167. The van der Waals surface area contributed by atoms with Gasteiger partial charge in [-0.25, -0.2) is 0 Å². The fraction of sp³-hybridized carbons (Fsp3) is 0.0492. The first-order valence-corrected chi connectivity index (χ1v) is 22.1. The van der Waals surface area contributed by atoms with E-state index in [1.807, 2.05) is 12.1 Å². The van der Waals surface area contributed by atoms with E-state index in [0.29, 0.717) is 0 Å². The molecule has 2 aromatic heterocycles. The monoisotopic (exact) mass is 819 g/mol. The molecule has 10 aromatic carbocycles. The van der Waals surface area contributed by atoms with Gasteiger partial charge in [-0.2, -0.15) is 0 Å². The predicted octanol–water partition coefficient (Wildman–Crippen LogP) is 17.4. The lowest BCUT2D eigenvalue weighted by Gasteiger charge is -2.28. The van der Waals surface area contributed by atoms with E-state index in [-0.39, 0.29) is 5.41 Å². The van der Waals surface area contributed by atoms with Crippen LogP contribution in [0.25, 0.3) is 99.2 Å². The van der Waals surface area contributed by atoms with Gasteiger partial charge in [-0.1, -0.05) is 178 Å². The van der Waals surface area contributed by atoms with Gasteiger partial charge in [0.05, 0.1) is 16.8 Å². The zero-order valence-corrected chi connectivity index (χ0v) is 35.5. The number of nitrogens with zero attached hydrogens (tertiary/aromatic N) is 1. The maximum Gasteiger partial charge on any atom is 0.145 e. The van der Waals surface area contributed by atoms with Crippen molar-refractivity contribution in [3.63, 3.8) is 0 Å². The lowest BCUT2D eigenvalue weighted by atomic mass is 9.81.